The number of likely N-dealkylation sites (N-methyl/N-ethyl adjacent to an activating group) is 1. The first-order valence-electron chi connectivity index (χ1n) is 4.80. The second-order valence-corrected chi connectivity index (χ2v) is 3.90. The highest BCUT2D eigenvalue weighted by Crippen LogP contribution is 2.07. The highest BCUT2D eigenvalue weighted by atomic mass is 19.1. The van der Waals surface area contributed by atoms with Crippen LogP contribution < -0.4 is 0 Å². The Morgan fingerprint density at radius 1 is 1.54 bits per heavy atom. The van der Waals surface area contributed by atoms with Crippen LogP contribution >= 0.6 is 0 Å². The zero-order chi connectivity index (χ0) is 9.84. The number of aliphatic hydroxyl groups is 1. The molecule has 4 heteroatoms. The summed E-state index contributed by atoms with van der Waals surface area (Å²) in [5, 5.41) is 9.13. The van der Waals surface area contributed by atoms with E-state index in [0.717, 1.165) is 19.6 Å². The lowest BCUT2D eigenvalue weighted by molar-refractivity contribution is 0.0468. The fourth-order valence-corrected chi connectivity index (χ4v) is 1.64. The second-order valence-electron chi connectivity index (χ2n) is 3.90. The minimum atomic E-state index is -0.810. The van der Waals surface area contributed by atoms with Gasteiger partial charge in [0, 0.05) is 32.2 Å². The fourth-order valence-electron chi connectivity index (χ4n) is 1.64. The third-order valence-corrected chi connectivity index (χ3v) is 2.69. The topological polar surface area (TPSA) is 26.7 Å². The Hall–Kier alpha value is -0.190. The summed E-state index contributed by atoms with van der Waals surface area (Å²) in [6.45, 7) is 4.83. The van der Waals surface area contributed by atoms with E-state index in [9.17, 15) is 4.39 Å². The van der Waals surface area contributed by atoms with Gasteiger partial charge in [-0.05, 0) is 14.0 Å². The van der Waals surface area contributed by atoms with E-state index < -0.39 is 12.8 Å². The Balaban J connectivity index is 2.29. The molecule has 1 rings (SSSR count). The van der Waals surface area contributed by atoms with Crippen LogP contribution in [0.15, 0.2) is 0 Å². The molecule has 1 aliphatic heterocycles. The molecule has 0 aromatic heterocycles. The predicted octanol–water partition coefficient (Wildman–Crippen LogP) is -0.0473. The van der Waals surface area contributed by atoms with Crippen molar-refractivity contribution >= 4 is 0 Å². The fraction of sp³-hybridized carbons (Fsp3) is 1.00. The third-order valence-electron chi connectivity index (χ3n) is 2.69. The Labute approximate surface area is 79.1 Å². The van der Waals surface area contributed by atoms with Gasteiger partial charge in [0.1, 0.15) is 6.67 Å². The lowest BCUT2D eigenvalue weighted by Gasteiger charge is -2.38. The molecule has 1 N–H and O–H groups in total. The van der Waals surface area contributed by atoms with E-state index in [0.29, 0.717) is 12.6 Å². The molecule has 3 nitrogen and oxygen atoms in total. The van der Waals surface area contributed by atoms with E-state index in [2.05, 4.69) is 23.8 Å². The largest absolute Gasteiger partial charge is 0.389 e. The van der Waals surface area contributed by atoms with Crippen LogP contribution in [0.2, 0.25) is 0 Å². The molecule has 0 spiro atoms. The number of aliphatic hydroxyl groups excluding tert-OH is 1. The Morgan fingerprint density at radius 3 is 2.77 bits per heavy atom. The van der Waals surface area contributed by atoms with Crippen molar-refractivity contribution in [3.8, 4) is 0 Å². The predicted molar refractivity (Wildman–Crippen MR) is 50.5 cm³/mol. The van der Waals surface area contributed by atoms with Gasteiger partial charge in [0.15, 0.2) is 0 Å². The van der Waals surface area contributed by atoms with E-state index in [1.165, 1.54) is 0 Å². The van der Waals surface area contributed by atoms with Gasteiger partial charge in [-0.15, -0.1) is 0 Å². The van der Waals surface area contributed by atoms with Crippen molar-refractivity contribution < 1.29 is 9.50 Å². The van der Waals surface area contributed by atoms with Crippen LogP contribution in [-0.4, -0.2) is 67.0 Å². The molecule has 0 saturated carbocycles. The Kier molecular flexibility index (Phi) is 4.09. The first kappa shape index (κ1) is 10.9. The van der Waals surface area contributed by atoms with Gasteiger partial charge in [0.25, 0.3) is 0 Å². The molecule has 1 saturated heterocycles. The highest BCUT2D eigenvalue weighted by Gasteiger charge is 2.21. The SMILES string of the molecule is CC1CN(CC(O)CF)CCN1C. The third kappa shape index (κ3) is 3.21. The standard InChI is InChI=1S/C9H19FN2O/c1-8-6-12(4-3-11(8)2)7-9(13)5-10/h8-9,13H,3-7H2,1-2H3. The average molecular weight is 190 g/mol. The first-order chi connectivity index (χ1) is 6.13. The summed E-state index contributed by atoms with van der Waals surface area (Å²) in [5.41, 5.74) is 0. The molecule has 13 heavy (non-hydrogen) atoms. The number of nitrogens with zero attached hydrogens (tertiary/aromatic N) is 2. The molecule has 1 heterocycles. The maximum absolute atomic E-state index is 12.0. The zero-order valence-corrected chi connectivity index (χ0v) is 8.41. The van der Waals surface area contributed by atoms with E-state index in [1.807, 2.05) is 0 Å². The van der Waals surface area contributed by atoms with Gasteiger partial charge in [0.05, 0.1) is 6.10 Å². The van der Waals surface area contributed by atoms with Gasteiger partial charge in [-0.2, -0.15) is 0 Å². The lowest BCUT2D eigenvalue weighted by Crippen LogP contribution is -2.51. The minimum Gasteiger partial charge on any atom is -0.389 e. The van der Waals surface area contributed by atoms with Crippen molar-refractivity contribution in [1.82, 2.24) is 9.80 Å². The Bertz CT molecular complexity index is 155. The number of halogens is 1. The molecule has 0 aromatic rings. The van der Waals surface area contributed by atoms with Gasteiger partial charge in [-0.25, -0.2) is 4.39 Å². The van der Waals surface area contributed by atoms with Gasteiger partial charge < -0.3 is 10.0 Å². The van der Waals surface area contributed by atoms with E-state index in [1.54, 1.807) is 0 Å². The number of piperazine rings is 1. The first-order valence-corrected chi connectivity index (χ1v) is 4.80. The molecule has 0 radical (unpaired) electrons. The Morgan fingerprint density at radius 2 is 2.23 bits per heavy atom. The number of hydrogen-bond acceptors (Lipinski definition) is 3. The van der Waals surface area contributed by atoms with Crippen molar-refractivity contribution in [1.29, 1.82) is 0 Å². The molecule has 0 aromatic carbocycles. The minimum absolute atomic E-state index is 0.467. The number of alkyl halides is 1. The van der Waals surface area contributed by atoms with Crippen LogP contribution in [0, 0.1) is 0 Å². The summed E-state index contributed by atoms with van der Waals surface area (Å²) >= 11 is 0. The van der Waals surface area contributed by atoms with Crippen molar-refractivity contribution in [2.45, 2.75) is 19.1 Å². The maximum atomic E-state index is 12.0. The second kappa shape index (κ2) is 4.88. The molecule has 0 aliphatic carbocycles. The quantitative estimate of drug-likeness (QED) is 0.676. The summed E-state index contributed by atoms with van der Waals surface area (Å²) in [4.78, 5) is 4.40. The monoisotopic (exact) mass is 190 g/mol. The zero-order valence-electron chi connectivity index (χ0n) is 8.41. The van der Waals surface area contributed by atoms with Crippen molar-refractivity contribution in [2.75, 3.05) is 39.9 Å². The molecule has 0 bridgehead atoms. The van der Waals surface area contributed by atoms with E-state index in [4.69, 9.17) is 5.11 Å². The van der Waals surface area contributed by atoms with Crippen molar-refractivity contribution in [2.24, 2.45) is 0 Å². The number of β-amino-alcohol motifs (C(OH)–C–C–N with tert-alkyl or cyclic N) is 1. The van der Waals surface area contributed by atoms with Crippen LogP contribution in [-0.2, 0) is 0 Å². The summed E-state index contributed by atoms with van der Waals surface area (Å²) in [6, 6.07) is 0.501. The maximum Gasteiger partial charge on any atom is 0.117 e. The van der Waals surface area contributed by atoms with Gasteiger partial charge >= 0.3 is 0 Å². The van der Waals surface area contributed by atoms with Gasteiger partial charge in [-0.3, -0.25) is 4.90 Å². The van der Waals surface area contributed by atoms with Crippen LogP contribution in [0.25, 0.3) is 0 Å². The number of rotatable bonds is 3. The van der Waals surface area contributed by atoms with Crippen LogP contribution in [0.3, 0.4) is 0 Å². The van der Waals surface area contributed by atoms with Crippen LogP contribution in [0.4, 0.5) is 4.39 Å². The normalized spacial score (nSPS) is 29.1. The molecule has 2 unspecified atom stereocenters. The molecule has 1 fully saturated rings. The van der Waals surface area contributed by atoms with Crippen LogP contribution in [0.5, 0.6) is 0 Å². The number of hydrogen-bond donors (Lipinski definition) is 1. The van der Waals surface area contributed by atoms with Gasteiger partial charge in [0.2, 0.25) is 0 Å². The molecular weight excluding hydrogens is 171 g/mol. The molecule has 78 valence electrons. The van der Waals surface area contributed by atoms with E-state index >= 15 is 0 Å². The van der Waals surface area contributed by atoms with E-state index in [-0.39, 0.29) is 0 Å². The summed E-state index contributed by atoms with van der Waals surface area (Å²) in [6.07, 6.45) is -0.810. The van der Waals surface area contributed by atoms with Crippen molar-refractivity contribution in [3.05, 3.63) is 0 Å². The molecule has 2 atom stereocenters. The van der Waals surface area contributed by atoms with Gasteiger partial charge in [-0.1, -0.05) is 0 Å². The average Bonchev–Trinajstić information content (AvgIpc) is 2.11. The molecule has 0 amide bonds. The van der Waals surface area contributed by atoms with Crippen LogP contribution in [0.1, 0.15) is 6.92 Å². The molecular formula is C9H19FN2O. The molecule has 1 aliphatic rings. The van der Waals surface area contributed by atoms with Crippen molar-refractivity contribution in [3.63, 3.8) is 0 Å². The smallest absolute Gasteiger partial charge is 0.117 e. The summed E-state index contributed by atoms with van der Waals surface area (Å²) in [5.74, 6) is 0. The lowest BCUT2D eigenvalue weighted by atomic mass is 10.2. The highest BCUT2D eigenvalue weighted by molar-refractivity contribution is 4.77. The summed E-state index contributed by atoms with van der Waals surface area (Å²) < 4.78 is 12.0. The summed E-state index contributed by atoms with van der Waals surface area (Å²) in [7, 11) is 2.09.